The van der Waals surface area contributed by atoms with E-state index in [-0.39, 0.29) is 14.8 Å². The first kappa shape index (κ1) is 13.1. The van der Waals surface area contributed by atoms with Gasteiger partial charge in [-0.1, -0.05) is 30.3 Å². The van der Waals surface area contributed by atoms with Crippen molar-refractivity contribution in [3.05, 3.63) is 35.9 Å². The molecule has 4 nitrogen and oxygen atoms in total. The number of hydrogen-bond donors (Lipinski definition) is 1. The van der Waals surface area contributed by atoms with E-state index < -0.39 is 12.0 Å². The van der Waals surface area contributed by atoms with Crippen molar-refractivity contribution in [2.24, 2.45) is 4.99 Å². The summed E-state index contributed by atoms with van der Waals surface area (Å²) in [6.45, 7) is 0. The summed E-state index contributed by atoms with van der Waals surface area (Å²) in [6.07, 6.45) is 1.48. The van der Waals surface area contributed by atoms with E-state index in [1.807, 2.05) is 6.07 Å². The first-order valence-electron chi connectivity index (χ1n) is 4.07. The molecule has 1 atom stereocenters. The average molecular weight is 205 g/mol. The van der Waals surface area contributed by atoms with E-state index in [9.17, 15) is 9.59 Å². The summed E-state index contributed by atoms with van der Waals surface area (Å²) in [5.74, 6) is -1.11. The van der Waals surface area contributed by atoms with Crippen molar-refractivity contribution in [1.29, 1.82) is 0 Å². The molecule has 15 heavy (non-hydrogen) atoms. The molecular weight excluding hydrogens is 193 g/mol. The molecule has 0 saturated heterocycles. The highest BCUT2D eigenvalue weighted by Gasteiger charge is 2.16. The van der Waals surface area contributed by atoms with Crippen LogP contribution in [0.5, 0.6) is 0 Å². The second kappa shape index (κ2) is 6.57. The molecule has 1 rings (SSSR count). The molecule has 0 aliphatic rings. The molecule has 1 aromatic carbocycles. The zero-order valence-electron chi connectivity index (χ0n) is 7.38. The number of carboxylic acids is 1. The van der Waals surface area contributed by atoms with Crippen LogP contribution in [-0.4, -0.2) is 31.6 Å². The predicted octanol–water partition coefficient (Wildman–Crippen LogP) is -0.166. The lowest BCUT2D eigenvalue weighted by Crippen LogP contribution is -2.20. The Morgan fingerprint density at radius 3 is 2.47 bits per heavy atom. The van der Waals surface area contributed by atoms with Crippen molar-refractivity contribution in [1.82, 2.24) is 0 Å². The zero-order valence-corrected chi connectivity index (χ0v) is 7.38. The molecule has 0 heterocycles. The number of benzene rings is 1. The van der Waals surface area contributed by atoms with Gasteiger partial charge in [-0.25, -0.2) is 9.59 Å². The minimum atomic E-state index is -1.11. The molecule has 0 spiro atoms. The Morgan fingerprint density at radius 1 is 1.40 bits per heavy atom. The van der Waals surface area contributed by atoms with Gasteiger partial charge in [-0.05, 0) is 5.56 Å². The van der Waals surface area contributed by atoms with Crippen LogP contribution in [0.2, 0.25) is 0 Å². The van der Waals surface area contributed by atoms with E-state index in [1.54, 1.807) is 24.3 Å². The highest BCUT2D eigenvalue weighted by Crippen LogP contribution is 2.05. The average Bonchev–Trinajstić information content (AvgIpc) is 2.18. The van der Waals surface area contributed by atoms with Crippen molar-refractivity contribution in [2.75, 3.05) is 0 Å². The van der Waals surface area contributed by atoms with Crippen LogP contribution in [0.3, 0.4) is 0 Å². The third-order valence-corrected chi connectivity index (χ3v) is 1.77. The first-order chi connectivity index (χ1) is 6.74. The molecule has 0 radical (unpaired) electrons. The summed E-state index contributed by atoms with van der Waals surface area (Å²) in [5.41, 5.74) is 0.832. The van der Waals surface area contributed by atoms with Crippen molar-refractivity contribution in [3.63, 3.8) is 0 Å². The largest absolute Gasteiger partial charge is 0.480 e. The number of isocyanates is 1. The lowest BCUT2D eigenvalue weighted by Gasteiger charge is -2.04. The third-order valence-electron chi connectivity index (χ3n) is 1.77. The maximum atomic E-state index is 10.6. The van der Waals surface area contributed by atoms with E-state index >= 15 is 0 Å². The summed E-state index contributed by atoms with van der Waals surface area (Å²) >= 11 is 0. The van der Waals surface area contributed by atoms with E-state index in [4.69, 9.17) is 5.11 Å². The van der Waals surface area contributed by atoms with Crippen molar-refractivity contribution in [3.8, 4) is 0 Å². The monoisotopic (exact) mass is 205 g/mol. The minimum Gasteiger partial charge on any atom is -0.480 e. The van der Waals surface area contributed by atoms with Crippen molar-refractivity contribution < 1.29 is 14.7 Å². The Balaban J connectivity index is 0.00000196. The Bertz CT molecular complexity index is 358. The van der Waals surface area contributed by atoms with Crippen LogP contribution < -0.4 is 0 Å². The fraction of sp³-hybridized carbons (Fsp3) is 0.200. The highest BCUT2D eigenvalue weighted by atomic mass is 16.4. The number of carboxylic acid groups (broad SMARTS) is 1. The van der Waals surface area contributed by atoms with Crippen LogP contribution in [0.1, 0.15) is 5.56 Å². The fourth-order valence-electron chi connectivity index (χ4n) is 1.09. The minimum absolute atomic E-state index is 0. The van der Waals surface area contributed by atoms with Gasteiger partial charge in [-0.3, -0.25) is 0 Å². The molecule has 1 aromatic rings. The van der Waals surface area contributed by atoms with Gasteiger partial charge in [0.25, 0.3) is 0 Å². The van der Waals surface area contributed by atoms with E-state index in [2.05, 4.69) is 4.99 Å². The van der Waals surface area contributed by atoms with Gasteiger partial charge in [-0.15, -0.1) is 0 Å². The standard InChI is InChI=1S/C10H9NO3.BH3/c12-7-11-9(10(13)14)6-8-4-2-1-3-5-8;/h1-5,9H,6H2,(H,13,14);1H3. The number of rotatable bonds is 4. The summed E-state index contributed by atoms with van der Waals surface area (Å²) in [7, 11) is 0. The highest BCUT2D eigenvalue weighted by molar-refractivity contribution is 5.75. The molecule has 5 heteroatoms. The van der Waals surface area contributed by atoms with Gasteiger partial charge in [0, 0.05) is 6.42 Å². The first-order valence-corrected chi connectivity index (χ1v) is 4.07. The van der Waals surface area contributed by atoms with Gasteiger partial charge in [0.2, 0.25) is 6.08 Å². The fourth-order valence-corrected chi connectivity index (χ4v) is 1.09. The summed E-state index contributed by atoms with van der Waals surface area (Å²) in [5, 5.41) is 8.69. The maximum Gasteiger partial charge on any atom is 0.329 e. The maximum absolute atomic E-state index is 10.6. The number of hydrogen-bond acceptors (Lipinski definition) is 3. The normalized spacial score (nSPS) is 10.7. The molecule has 0 fully saturated rings. The molecule has 0 aliphatic carbocycles. The Hall–Kier alpha value is -1.87. The number of carbonyl (C=O) groups excluding carboxylic acids is 1. The molecule has 1 unspecified atom stereocenters. The third kappa shape index (κ3) is 4.25. The molecule has 0 aliphatic heterocycles. The number of aliphatic imine (C=N–C) groups is 1. The van der Waals surface area contributed by atoms with Gasteiger partial charge >= 0.3 is 5.97 Å². The van der Waals surface area contributed by atoms with Crippen LogP contribution in [0, 0.1) is 0 Å². The number of nitrogens with zero attached hydrogens (tertiary/aromatic N) is 1. The van der Waals surface area contributed by atoms with Crippen molar-refractivity contribution >= 4 is 20.5 Å². The van der Waals surface area contributed by atoms with Gasteiger partial charge in [0.05, 0.1) is 8.41 Å². The Morgan fingerprint density at radius 2 is 2.00 bits per heavy atom. The molecular formula is C10H12BNO3. The summed E-state index contributed by atoms with van der Waals surface area (Å²) in [6, 6.07) is 7.99. The van der Waals surface area contributed by atoms with Crippen LogP contribution in [0.4, 0.5) is 0 Å². The van der Waals surface area contributed by atoms with E-state index in [0.29, 0.717) is 0 Å². The smallest absolute Gasteiger partial charge is 0.329 e. The van der Waals surface area contributed by atoms with Gasteiger partial charge in [0.15, 0.2) is 6.04 Å². The van der Waals surface area contributed by atoms with E-state index in [1.165, 1.54) is 6.08 Å². The Kier molecular flexibility index (Phi) is 5.75. The molecule has 78 valence electrons. The van der Waals surface area contributed by atoms with Gasteiger partial charge < -0.3 is 5.11 Å². The number of carbonyl (C=O) groups is 1. The molecule has 0 bridgehead atoms. The molecule has 0 aromatic heterocycles. The molecule has 1 N–H and O–H groups in total. The van der Waals surface area contributed by atoms with Crippen LogP contribution >= 0.6 is 0 Å². The van der Waals surface area contributed by atoms with Gasteiger partial charge in [0.1, 0.15) is 0 Å². The predicted molar refractivity (Wildman–Crippen MR) is 59.6 cm³/mol. The zero-order chi connectivity index (χ0) is 10.4. The van der Waals surface area contributed by atoms with Gasteiger partial charge in [-0.2, -0.15) is 4.99 Å². The van der Waals surface area contributed by atoms with Crippen LogP contribution in [0.25, 0.3) is 0 Å². The second-order valence-corrected chi connectivity index (χ2v) is 2.76. The summed E-state index contributed by atoms with van der Waals surface area (Å²) < 4.78 is 0. The second-order valence-electron chi connectivity index (χ2n) is 2.76. The van der Waals surface area contributed by atoms with Crippen molar-refractivity contribution in [2.45, 2.75) is 12.5 Å². The molecule has 0 amide bonds. The summed E-state index contributed by atoms with van der Waals surface area (Å²) in [4.78, 5) is 23.8. The lowest BCUT2D eigenvalue weighted by molar-refractivity contribution is -0.138. The van der Waals surface area contributed by atoms with Crippen LogP contribution in [0.15, 0.2) is 35.3 Å². The van der Waals surface area contributed by atoms with Crippen LogP contribution in [-0.2, 0) is 16.0 Å². The van der Waals surface area contributed by atoms with E-state index in [0.717, 1.165) is 5.56 Å². The number of aliphatic carboxylic acids is 1. The topological polar surface area (TPSA) is 66.7 Å². The lowest BCUT2D eigenvalue weighted by atomic mass is 10.1. The Labute approximate surface area is 89.2 Å². The molecule has 0 saturated carbocycles. The quantitative estimate of drug-likeness (QED) is 0.421. The SMILES string of the molecule is B.O=C=NC(Cc1ccccc1)C(=O)O.